The van der Waals surface area contributed by atoms with E-state index in [2.05, 4.69) is 0 Å². The van der Waals surface area contributed by atoms with E-state index in [0.717, 1.165) is 22.0 Å². The SMILES string of the molecule is COc1cc2c(cc1OC)CN(C(=O)COC(=O)c1cn(C)c3ccccc13)CC2. The maximum absolute atomic E-state index is 12.7. The Kier molecular flexibility index (Phi) is 5.35. The molecule has 0 atom stereocenters. The first kappa shape index (κ1) is 19.8. The van der Waals surface area contributed by atoms with Gasteiger partial charge in [0, 0.05) is 37.2 Å². The van der Waals surface area contributed by atoms with E-state index in [0.29, 0.717) is 36.6 Å². The zero-order valence-electron chi connectivity index (χ0n) is 17.3. The van der Waals surface area contributed by atoms with Crippen LogP contribution in [-0.4, -0.2) is 48.7 Å². The molecule has 1 aliphatic rings. The molecule has 2 aromatic carbocycles. The summed E-state index contributed by atoms with van der Waals surface area (Å²) in [5.74, 6) is 0.598. The van der Waals surface area contributed by atoms with Gasteiger partial charge in [-0.05, 0) is 35.7 Å². The van der Waals surface area contributed by atoms with Crippen molar-refractivity contribution >= 4 is 22.8 Å². The number of hydrogen-bond acceptors (Lipinski definition) is 5. The number of methoxy groups -OCH3 is 2. The van der Waals surface area contributed by atoms with Gasteiger partial charge in [0.2, 0.25) is 0 Å². The quantitative estimate of drug-likeness (QED) is 0.607. The smallest absolute Gasteiger partial charge is 0.340 e. The number of fused-ring (bicyclic) bond motifs is 2. The van der Waals surface area contributed by atoms with Crippen LogP contribution in [0.5, 0.6) is 11.5 Å². The van der Waals surface area contributed by atoms with E-state index in [4.69, 9.17) is 14.2 Å². The normalized spacial score (nSPS) is 13.1. The van der Waals surface area contributed by atoms with Gasteiger partial charge in [0.1, 0.15) is 0 Å². The van der Waals surface area contributed by atoms with Crippen LogP contribution < -0.4 is 9.47 Å². The van der Waals surface area contributed by atoms with Crippen LogP contribution in [0.25, 0.3) is 10.9 Å². The van der Waals surface area contributed by atoms with Crippen LogP contribution in [0.2, 0.25) is 0 Å². The number of benzene rings is 2. The number of carbonyl (C=O) groups is 2. The van der Waals surface area contributed by atoms with Crippen LogP contribution in [0, 0.1) is 0 Å². The molecular weight excluding hydrogens is 384 g/mol. The van der Waals surface area contributed by atoms with Crippen LogP contribution in [0.15, 0.2) is 42.6 Å². The van der Waals surface area contributed by atoms with E-state index in [1.807, 2.05) is 48.0 Å². The lowest BCUT2D eigenvalue weighted by molar-refractivity contribution is -0.135. The minimum atomic E-state index is -0.496. The molecule has 0 radical (unpaired) electrons. The van der Waals surface area contributed by atoms with E-state index >= 15 is 0 Å². The lowest BCUT2D eigenvalue weighted by atomic mass is 9.99. The Morgan fingerprint density at radius 2 is 1.73 bits per heavy atom. The fraction of sp³-hybridized carbons (Fsp3) is 0.304. The summed E-state index contributed by atoms with van der Waals surface area (Å²) in [4.78, 5) is 27.0. The molecule has 0 N–H and O–H groups in total. The van der Waals surface area contributed by atoms with Crippen LogP contribution in [0.4, 0.5) is 0 Å². The zero-order valence-corrected chi connectivity index (χ0v) is 17.3. The Labute approximate surface area is 174 Å². The topological polar surface area (TPSA) is 70.0 Å². The van der Waals surface area contributed by atoms with Crippen molar-refractivity contribution in [1.82, 2.24) is 9.47 Å². The molecule has 2 heterocycles. The molecule has 1 aliphatic heterocycles. The highest BCUT2D eigenvalue weighted by Gasteiger charge is 2.24. The summed E-state index contributed by atoms with van der Waals surface area (Å²) in [7, 11) is 5.06. The monoisotopic (exact) mass is 408 g/mol. The van der Waals surface area contributed by atoms with Gasteiger partial charge in [-0.25, -0.2) is 4.79 Å². The first-order chi connectivity index (χ1) is 14.5. The molecule has 1 amide bonds. The second-order valence-electron chi connectivity index (χ2n) is 7.29. The molecule has 0 fully saturated rings. The van der Waals surface area contributed by atoms with Crippen molar-refractivity contribution in [2.75, 3.05) is 27.4 Å². The molecule has 0 saturated heterocycles. The zero-order chi connectivity index (χ0) is 21.3. The number of para-hydroxylation sites is 1. The number of aryl methyl sites for hydroxylation is 1. The van der Waals surface area contributed by atoms with Crippen molar-refractivity contribution in [3.63, 3.8) is 0 Å². The third-order valence-electron chi connectivity index (χ3n) is 5.51. The highest BCUT2D eigenvalue weighted by atomic mass is 16.5. The summed E-state index contributed by atoms with van der Waals surface area (Å²) >= 11 is 0. The standard InChI is InChI=1S/C23H24N2O5/c1-24-13-18(17-6-4-5-7-19(17)24)23(27)30-14-22(26)25-9-8-15-10-20(28-2)21(29-3)11-16(15)12-25/h4-7,10-11,13H,8-9,12,14H2,1-3H3. The second kappa shape index (κ2) is 8.10. The maximum Gasteiger partial charge on any atom is 0.340 e. The van der Waals surface area contributed by atoms with Gasteiger partial charge in [-0.15, -0.1) is 0 Å². The largest absolute Gasteiger partial charge is 0.493 e. The van der Waals surface area contributed by atoms with Crippen molar-refractivity contribution in [2.24, 2.45) is 7.05 Å². The van der Waals surface area contributed by atoms with Crippen molar-refractivity contribution < 1.29 is 23.8 Å². The van der Waals surface area contributed by atoms with Gasteiger partial charge in [0.25, 0.3) is 5.91 Å². The van der Waals surface area contributed by atoms with Crippen molar-refractivity contribution in [2.45, 2.75) is 13.0 Å². The summed E-state index contributed by atoms with van der Waals surface area (Å²) < 4.78 is 17.9. The van der Waals surface area contributed by atoms with Crippen LogP contribution in [-0.2, 0) is 29.5 Å². The fourth-order valence-electron chi connectivity index (χ4n) is 3.90. The number of hydrogen-bond donors (Lipinski definition) is 0. The van der Waals surface area contributed by atoms with Gasteiger partial charge in [-0.2, -0.15) is 0 Å². The number of esters is 1. The number of amides is 1. The molecule has 0 unspecified atom stereocenters. The van der Waals surface area contributed by atoms with E-state index in [9.17, 15) is 9.59 Å². The van der Waals surface area contributed by atoms with Gasteiger partial charge in [-0.1, -0.05) is 18.2 Å². The second-order valence-corrected chi connectivity index (χ2v) is 7.29. The molecule has 30 heavy (non-hydrogen) atoms. The Morgan fingerprint density at radius 3 is 2.47 bits per heavy atom. The highest BCUT2D eigenvalue weighted by Crippen LogP contribution is 2.33. The summed E-state index contributed by atoms with van der Waals surface area (Å²) in [5.41, 5.74) is 3.53. The molecule has 156 valence electrons. The van der Waals surface area contributed by atoms with E-state index in [-0.39, 0.29) is 12.5 Å². The Morgan fingerprint density at radius 1 is 1.03 bits per heavy atom. The Balaban J connectivity index is 1.43. The summed E-state index contributed by atoms with van der Waals surface area (Å²) in [6, 6.07) is 11.5. The molecule has 0 saturated carbocycles. The number of aromatic nitrogens is 1. The van der Waals surface area contributed by atoms with Crippen LogP contribution in [0.1, 0.15) is 21.5 Å². The maximum atomic E-state index is 12.7. The Hall–Kier alpha value is -3.48. The molecule has 4 rings (SSSR count). The number of carbonyl (C=O) groups excluding carboxylic acids is 2. The first-order valence-electron chi connectivity index (χ1n) is 9.74. The van der Waals surface area contributed by atoms with Crippen molar-refractivity contribution in [3.05, 3.63) is 59.3 Å². The van der Waals surface area contributed by atoms with Gasteiger partial charge >= 0.3 is 5.97 Å². The molecule has 1 aromatic heterocycles. The molecule has 7 nitrogen and oxygen atoms in total. The molecule has 0 aliphatic carbocycles. The third kappa shape index (κ3) is 3.58. The predicted octanol–water partition coefficient (Wildman–Crippen LogP) is 2.94. The molecule has 0 bridgehead atoms. The minimum Gasteiger partial charge on any atom is -0.493 e. The lowest BCUT2D eigenvalue weighted by Crippen LogP contribution is -2.38. The first-order valence-corrected chi connectivity index (χ1v) is 9.74. The Bertz CT molecular complexity index is 1120. The van der Waals surface area contributed by atoms with Gasteiger partial charge in [0.05, 0.1) is 19.8 Å². The number of rotatable bonds is 5. The molecular formula is C23H24N2O5. The lowest BCUT2D eigenvalue weighted by Gasteiger charge is -2.29. The van der Waals surface area contributed by atoms with Crippen molar-refractivity contribution in [1.29, 1.82) is 0 Å². The van der Waals surface area contributed by atoms with Crippen LogP contribution in [0.3, 0.4) is 0 Å². The minimum absolute atomic E-state index is 0.218. The van der Waals surface area contributed by atoms with Gasteiger partial charge in [0.15, 0.2) is 18.1 Å². The summed E-state index contributed by atoms with van der Waals surface area (Å²) in [5, 5.41) is 0.811. The average molecular weight is 408 g/mol. The highest BCUT2D eigenvalue weighted by molar-refractivity contribution is 6.04. The molecule has 0 spiro atoms. The average Bonchev–Trinajstić information content (AvgIpc) is 3.12. The van der Waals surface area contributed by atoms with Crippen molar-refractivity contribution in [3.8, 4) is 11.5 Å². The molecule has 3 aromatic rings. The van der Waals surface area contributed by atoms with Gasteiger partial charge < -0.3 is 23.7 Å². The fourth-order valence-corrected chi connectivity index (χ4v) is 3.90. The van der Waals surface area contributed by atoms with Crippen LogP contribution >= 0.6 is 0 Å². The van der Waals surface area contributed by atoms with E-state index < -0.39 is 5.97 Å². The summed E-state index contributed by atoms with van der Waals surface area (Å²) in [6.45, 7) is 0.720. The van der Waals surface area contributed by atoms with E-state index in [1.165, 1.54) is 0 Å². The number of nitrogens with zero attached hydrogens (tertiary/aromatic N) is 2. The summed E-state index contributed by atoms with van der Waals surface area (Å²) in [6.07, 6.45) is 2.44. The predicted molar refractivity (Wildman–Crippen MR) is 112 cm³/mol. The molecule has 7 heteroatoms. The number of ether oxygens (including phenoxy) is 3. The van der Waals surface area contributed by atoms with E-state index in [1.54, 1.807) is 25.3 Å². The van der Waals surface area contributed by atoms with Gasteiger partial charge in [-0.3, -0.25) is 4.79 Å². The third-order valence-corrected chi connectivity index (χ3v) is 5.51.